The van der Waals surface area contributed by atoms with Crippen molar-refractivity contribution in [2.75, 3.05) is 0 Å². The first-order valence-electron chi connectivity index (χ1n) is 10.1. The van der Waals surface area contributed by atoms with E-state index >= 15 is 0 Å². The maximum atomic E-state index is 12.4. The number of aromatic nitrogens is 3. The number of halogens is 1. The highest BCUT2D eigenvalue weighted by Crippen LogP contribution is 2.30. The summed E-state index contributed by atoms with van der Waals surface area (Å²) in [5, 5.41) is 2.56. The monoisotopic (exact) mass is 605 g/mol. The second kappa shape index (κ2) is 10.1. The van der Waals surface area contributed by atoms with E-state index < -0.39 is 15.1 Å². The van der Waals surface area contributed by atoms with Gasteiger partial charge >= 0.3 is 0 Å². The average molecular weight is 606 g/mol. The first-order valence-corrected chi connectivity index (χ1v) is 15.7. The van der Waals surface area contributed by atoms with Crippen LogP contribution in [0.2, 0.25) is 0 Å². The fourth-order valence-electron chi connectivity index (χ4n) is 3.14. The first-order chi connectivity index (χ1) is 15.8. The Kier molecular flexibility index (Phi) is 7.38. The smallest absolute Gasteiger partial charge is 0.180 e. The quantitative estimate of drug-likeness (QED) is 0.190. The molecule has 0 radical (unpaired) electrons. The molecule has 0 amide bonds. The van der Waals surface area contributed by atoms with E-state index in [1.807, 2.05) is 10.2 Å². The molecule has 0 saturated heterocycles. The van der Waals surface area contributed by atoms with Crippen molar-refractivity contribution in [1.29, 1.82) is 0 Å². The summed E-state index contributed by atoms with van der Waals surface area (Å²) >= 11 is 3.70. The Bertz CT molecular complexity index is 1470. The Labute approximate surface area is 214 Å². The van der Waals surface area contributed by atoms with Crippen LogP contribution < -0.4 is 0 Å². The molecule has 0 aliphatic carbocycles. The van der Waals surface area contributed by atoms with E-state index in [-0.39, 0.29) is 0 Å². The Hall–Kier alpha value is -2.00. The van der Waals surface area contributed by atoms with Crippen LogP contribution in [0.25, 0.3) is 22.4 Å². The number of fused-ring (bicyclic) bond motifs is 1. The van der Waals surface area contributed by atoms with Crippen LogP contribution in [0.1, 0.15) is 25.0 Å². The molecule has 0 N–H and O–H groups in total. The van der Waals surface area contributed by atoms with Gasteiger partial charge in [-0.3, -0.25) is 3.97 Å². The van der Waals surface area contributed by atoms with Crippen LogP contribution in [-0.4, -0.2) is 27.6 Å². The first kappa shape index (κ1) is 24.1. The lowest BCUT2D eigenvalue weighted by Crippen LogP contribution is -2.13. The summed E-state index contributed by atoms with van der Waals surface area (Å²) in [6.07, 6.45) is 3.67. The Morgan fingerprint density at radius 1 is 1.06 bits per heavy atom. The molecule has 33 heavy (non-hydrogen) atoms. The molecule has 0 saturated carbocycles. The van der Waals surface area contributed by atoms with Crippen LogP contribution >= 0.6 is 42.1 Å². The molecule has 2 aromatic carbocycles. The van der Waals surface area contributed by atoms with Crippen LogP contribution in [0, 0.1) is 18.1 Å². The predicted molar refractivity (Wildman–Crippen MR) is 146 cm³/mol. The van der Waals surface area contributed by atoms with E-state index in [0.717, 1.165) is 21.7 Å². The topological polar surface area (TPSA) is 64.8 Å². The lowest BCUT2D eigenvalue weighted by Gasteiger charge is -2.08. The molecule has 9 heteroatoms. The van der Waals surface area contributed by atoms with Gasteiger partial charge in [-0.25, -0.2) is 18.4 Å². The molecular weight excluding hydrogens is 585 g/mol. The van der Waals surface area contributed by atoms with Crippen molar-refractivity contribution in [1.82, 2.24) is 13.9 Å². The van der Waals surface area contributed by atoms with Crippen LogP contribution in [0.4, 0.5) is 0 Å². The van der Waals surface area contributed by atoms with Gasteiger partial charge in [-0.1, -0.05) is 35.7 Å². The van der Waals surface area contributed by atoms with Crippen LogP contribution in [0.3, 0.4) is 0 Å². The molecule has 0 atom stereocenters. The van der Waals surface area contributed by atoms with Gasteiger partial charge in [0, 0.05) is 37.9 Å². The molecule has 0 bridgehead atoms. The average Bonchev–Trinajstić information content (AvgIpc) is 3.15. The van der Waals surface area contributed by atoms with Gasteiger partial charge in [0.25, 0.3) is 0 Å². The van der Waals surface area contributed by atoms with Gasteiger partial charge < -0.3 is 0 Å². The summed E-state index contributed by atoms with van der Waals surface area (Å²) in [6, 6.07) is 15.1. The zero-order valence-corrected chi connectivity index (χ0v) is 22.7. The fraction of sp³-hybridized carbons (Fsp3) is 0.167. The van der Waals surface area contributed by atoms with E-state index in [0.29, 0.717) is 16.1 Å². The molecule has 0 spiro atoms. The number of rotatable bonds is 5. The van der Waals surface area contributed by atoms with Gasteiger partial charge in [0.05, 0.1) is 27.6 Å². The minimum absolute atomic E-state index is 0.307. The third-order valence-electron chi connectivity index (χ3n) is 5.01. The molecule has 2 aromatic heterocycles. The highest BCUT2D eigenvalue weighted by Gasteiger charge is 2.19. The number of hydrogen-bond acceptors (Lipinski definition) is 6. The SMILES string of the molecule is Cc1ccc(Sn2cc(C#CSI)c3nc(-c4ccc(S(=O)(=O)C(C)C)cc4)cnc32)cc1. The maximum Gasteiger partial charge on any atom is 0.180 e. The van der Waals surface area contributed by atoms with Gasteiger partial charge in [0.2, 0.25) is 0 Å². The molecule has 4 rings (SSSR count). The Balaban J connectivity index is 1.75. The lowest BCUT2D eigenvalue weighted by molar-refractivity contribution is 0.587. The summed E-state index contributed by atoms with van der Waals surface area (Å²) < 4.78 is 26.8. The van der Waals surface area contributed by atoms with Crippen molar-refractivity contribution in [3.05, 3.63) is 72.1 Å². The van der Waals surface area contributed by atoms with Gasteiger partial charge in [0.1, 0.15) is 5.52 Å². The highest BCUT2D eigenvalue weighted by atomic mass is 127. The van der Waals surface area contributed by atoms with Crippen molar-refractivity contribution in [2.45, 2.75) is 35.8 Å². The van der Waals surface area contributed by atoms with Gasteiger partial charge in [0.15, 0.2) is 15.5 Å². The molecule has 2 heterocycles. The fourth-order valence-corrected chi connectivity index (χ4v) is 5.54. The van der Waals surface area contributed by atoms with Gasteiger partial charge in [-0.2, -0.15) is 0 Å². The molecular formula is C24H20IN3O2S3. The standard InChI is InChI=1S/C24H20IN3O2S3/c1-16(2)33(29,30)21-10-6-18(7-11-21)22-14-26-24-23(27-22)19(12-13-31-25)15-28(24)32-20-8-4-17(3)5-9-20/h4-11,14-16H,1-3H3. The summed E-state index contributed by atoms with van der Waals surface area (Å²) in [5.41, 5.74) is 4.91. The van der Waals surface area contributed by atoms with Gasteiger partial charge in [-0.15, -0.1) is 0 Å². The largest absolute Gasteiger partial charge is 0.268 e. The number of nitrogens with zero attached hydrogens (tertiary/aromatic N) is 3. The predicted octanol–water partition coefficient (Wildman–Crippen LogP) is 6.54. The minimum Gasteiger partial charge on any atom is -0.268 e. The molecule has 0 unspecified atom stereocenters. The van der Waals surface area contributed by atoms with E-state index in [4.69, 9.17) is 4.98 Å². The van der Waals surface area contributed by atoms with Crippen molar-refractivity contribution < 1.29 is 8.42 Å². The highest BCUT2D eigenvalue weighted by molar-refractivity contribution is 14.2. The summed E-state index contributed by atoms with van der Waals surface area (Å²) in [4.78, 5) is 10.9. The summed E-state index contributed by atoms with van der Waals surface area (Å²) in [6.45, 7) is 5.42. The number of hydrogen-bond donors (Lipinski definition) is 0. The van der Waals surface area contributed by atoms with E-state index in [2.05, 4.69) is 68.6 Å². The molecule has 0 aliphatic heterocycles. The van der Waals surface area contributed by atoms with E-state index in [9.17, 15) is 8.42 Å². The van der Waals surface area contributed by atoms with Crippen molar-refractivity contribution in [2.24, 2.45) is 0 Å². The summed E-state index contributed by atoms with van der Waals surface area (Å²) in [5.74, 6) is 3.16. The number of sulfone groups is 1. The Morgan fingerprint density at radius 3 is 2.39 bits per heavy atom. The second-order valence-corrected chi connectivity index (χ2v) is 12.9. The minimum atomic E-state index is -3.32. The number of aryl methyl sites for hydroxylation is 1. The van der Waals surface area contributed by atoms with Crippen molar-refractivity contribution >= 4 is 63.1 Å². The maximum absolute atomic E-state index is 12.4. The van der Waals surface area contributed by atoms with Crippen molar-refractivity contribution in [3.63, 3.8) is 0 Å². The van der Waals surface area contributed by atoms with E-state index in [1.54, 1.807) is 56.3 Å². The van der Waals surface area contributed by atoms with E-state index in [1.165, 1.54) is 14.5 Å². The van der Waals surface area contributed by atoms with Gasteiger partial charge in [-0.05, 0) is 71.2 Å². The molecule has 0 aliphatic rings. The normalized spacial score (nSPS) is 11.5. The molecule has 4 aromatic rings. The zero-order chi connectivity index (χ0) is 23.6. The third kappa shape index (κ3) is 5.24. The molecule has 0 fully saturated rings. The van der Waals surface area contributed by atoms with Crippen molar-refractivity contribution in [3.8, 4) is 22.4 Å². The van der Waals surface area contributed by atoms with Crippen LogP contribution in [-0.2, 0) is 9.84 Å². The Morgan fingerprint density at radius 2 is 1.76 bits per heavy atom. The number of benzene rings is 2. The lowest BCUT2D eigenvalue weighted by atomic mass is 10.1. The third-order valence-corrected chi connectivity index (χ3v) is 8.98. The summed E-state index contributed by atoms with van der Waals surface area (Å²) in [7, 11) is -1.91. The van der Waals surface area contributed by atoms with Crippen LogP contribution in [0.15, 0.2) is 70.7 Å². The zero-order valence-electron chi connectivity index (χ0n) is 18.1. The van der Waals surface area contributed by atoms with Crippen LogP contribution in [0.5, 0.6) is 0 Å². The molecule has 5 nitrogen and oxygen atoms in total. The second-order valence-electron chi connectivity index (χ2n) is 7.62. The molecule has 168 valence electrons.